The van der Waals surface area contributed by atoms with E-state index in [4.69, 9.17) is 9.47 Å². The zero-order valence-electron chi connectivity index (χ0n) is 14.0. The normalized spacial score (nSPS) is 19.6. The van der Waals surface area contributed by atoms with Crippen LogP contribution in [0.2, 0.25) is 0 Å². The number of carboxylic acids is 1. The summed E-state index contributed by atoms with van der Waals surface area (Å²) < 4.78 is 10.5. The Hall–Kier alpha value is -2.77. The monoisotopic (exact) mass is 350 g/mol. The number of benzene rings is 1. The number of para-hydroxylation sites is 2. The molecule has 1 aromatic rings. The van der Waals surface area contributed by atoms with Crippen molar-refractivity contribution in [2.45, 2.75) is 25.7 Å². The van der Waals surface area contributed by atoms with Gasteiger partial charge >= 0.3 is 5.97 Å². The molecule has 1 aromatic carbocycles. The van der Waals surface area contributed by atoms with Crippen LogP contribution in [0.4, 0.5) is 0 Å². The lowest BCUT2D eigenvalue weighted by atomic mass is 9.79. The van der Waals surface area contributed by atoms with Crippen molar-refractivity contribution in [3.8, 4) is 11.5 Å². The number of hydrogen-bond acceptors (Lipinski definition) is 5. The molecule has 0 radical (unpaired) electrons. The molecule has 1 fully saturated rings. The van der Waals surface area contributed by atoms with Gasteiger partial charge in [-0.3, -0.25) is 25.2 Å². The SMILES string of the molecule is COc1ccccc1OCC(=O)NNC(=O)[C@H]1CCCC[C@@H]1C(=O)O. The first-order valence-corrected chi connectivity index (χ1v) is 8.10. The number of methoxy groups -OCH3 is 1. The molecule has 0 saturated heterocycles. The summed E-state index contributed by atoms with van der Waals surface area (Å²) in [7, 11) is 1.49. The van der Waals surface area contributed by atoms with Crippen LogP contribution in [-0.2, 0) is 14.4 Å². The second-order valence-electron chi connectivity index (χ2n) is 5.81. The highest BCUT2D eigenvalue weighted by molar-refractivity contribution is 5.87. The Balaban J connectivity index is 1.81. The van der Waals surface area contributed by atoms with Crippen LogP contribution in [0, 0.1) is 11.8 Å². The van der Waals surface area contributed by atoms with Gasteiger partial charge < -0.3 is 14.6 Å². The van der Waals surface area contributed by atoms with Gasteiger partial charge in [-0.25, -0.2) is 0 Å². The number of carboxylic acid groups (broad SMARTS) is 1. The molecule has 0 heterocycles. The van der Waals surface area contributed by atoms with Gasteiger partial charge in [0.25, 0.3) is 5.91 Å². The summed E-state index contributed by atoms with van der Waals surface area (Å²) in [6, 6.07) is 6.87. The van der Waals surface area contributed by atoms with E-state index >= 15 is 0 Å². The Morgan fingerprint density at radius 1 is 1.08 bits per heavy atom. The average molecular weight is 350 g/mol. The lowest BCUT2D eigenvalue weighted by molar-refractivity contribution is -0.149. The molecule has 2 rings (SSSR count). The van der Waals surface area contributed by atoms with Crippen LogP contribution in [-0.4, -0.2) is 36.6 Å². The number of carbonyl (C=O) groups excluding carboxylic acids is 2. The highest BCUT2D eigenvalue weighted by atomic mass is 16.5. The van der Waals surface area contributed by atoms with Crippen LogP contribution in [0.25, 0.3) is 0 Å². The predicted octanol–water partition coefficient (Wildman–Crippen LogP) is 1.11. The maximum absolute atomic E-state index is 12.1. The van der Waals surface area contributed by atoms with Crippen molar-refractivity contribution < 1.29 is 29.0 Å². The zero-order chi connectivity index (χ0) is 18.2. The smallest absolute Gasteiger partial charge is 0.307 e. The van der Waals surface area contributed by atoms with Crippen LogP contribution < -0.4 is 20.3 Å². The van der Waals surface area contributed by atoms with Crippen LogP contribution in [0.5, 0.6) is 11.5 Å². The Labute approximate surface area is 145 Å². The standard InChI is InChI=1S/C17H22N2O6/c1-24-13-8-4-5-9-14(13)25-10-15(20)18-19-16(21)11-6-2-3-7-12(11)17(22)23/h4-5,8-9,11-12H,2-3,6-7,10H2,1H3,(H,18,20)(H,19,21)(H,22,23)/t11-,12-/m0/s1. The molecule has 8 nitrogen and oxygen atoms in total. The van der Waals surface area contributed by atoms with E-state index < -0.39 is 29.6 Å². The summed E-state index contributed by atoms with van der Waals surface area (Å²) in [5, 5.41) is 9.20. The van der Waals surface area contributed by atoms with Crippen molar-refractivity contribution in [2.75, 3.05) is 13.7 Å². The van der Waals surface area contributed by atoms with Gasteiger partial charge in [-0.15, -0.1) is 0 Å². The number of hydrogen-bond donors (Lipinski definition) is 3. The first kappa shape index (κ1) is 18.6. The maximum Gasteiger partial charge on any atom is 0.307 e. The molecule has 8 heteroatoms. The number of ether oxygens (including phenoxy) is 2. The predicted molar refractivity (Wildman–Crippen MR) is 87.9 cm³/mol. The maximum atomic E-state index is 12.1. The van der Waals surface area contributed by atoms with Crippen molar-refractivity contribution in [3.05, 3.63) is 24.3 Å². The highest BCUT2D eigenvalue weighted by Gasteiger charge is 2.35. The molecular weight excluding hydrogens is 328 g/mol. The van der Waals surface area contributed by atoms with Crippen molar-refractivity contribution in [2.24, 2.45) is 11.8 Å². The van der Waals surface area contributed by atoms with Gasteiger partial charge in [-0.05, 0) is 25.0 Å². The summed E-state index contributed by atoms with van der Waals surface area (Å²) in [6.07, 6.45) is 2.56. The second-order valence-corrected chi connectivity index (χ2v) is 5.81. The van der Waals surface area contributed by atoms with E-state index in [0.717, 1.165) is 12.8 Å². The minimum Gasteiger partial charge on any atom is -0.493 e. The first-order valence-electron chi connectivity index (χ1n) is 8.10. The lowest BCUT2D eigenvalue weighted by Gasteiger charge is -2.27. The van der Waals surface area contributed by atoms with E-state index in [1.54, 1.807) is 24.3 Å². The van der Waals surface area contributed by atoms with Crippen LogP contribution >= 0.6 is 0 Å². The Bertz CT molecular complexity index is 633. The third-order valence-corrected chi connectivity index (χ3v) is 4.17. The van der Waals surface area contributed by atoms with Crippen LogP contribution in [0.1, 0.15) is 25.7 Å². The minimum absolute atomic E-state index is 0.312. The van der Waals surface area contributed by atoms with E-state index in [9.17, 15) is 19.5 Å². The zero-order valence-corrected chi connectivity index (χ0v) is 14.0. The topological polar surface area (TPSA) is 114 Å². The molecule has 2 atom stereocenters. The van der Waals surface area contributed by atoms with Crippen LogP contribution in [0.3, 0.4) is 0 Å². The Morgan fingerprint density at radius 3 is 2.36 bits per heavy atom. The molecule has 0 spiro atoms. The summed E-state index contributed by atoms with van der Waals surface area (Å²) in [4.78, 5) is 35.2. The summed E-state index contributed by atoms with van der Waals surface area (Å²) in [5.41, 5.74) is 4.54. The second kappa shape index (κ2) is 8.91. The Morgan fingerprint density at radius 2 is 1.72 bits per heavy atom. The van der Waals surface area contributed by atoms with E-state index in [-0.39, 0.29) is 6.61 Å². The highest BCUT2D eigenvalue weighted by Crippen LogP contribution is 2.30. The summed E-state index contributed by atoms with van der Waals surface area (Å²) >= 11 is 0. The number of nitrogens with one attached hydrogen (secondary N) is 2. The molecule has 1 saturated carbocycles. The van der Waals surface area contributed by atoms with Crippen molar-refractivity contribution in [1.29, 1.82) is 0 Å². The van der Waals surface area contributed by atoms with Gasteiger partial charge in [0.15, 0.2) is 18.1 Å². The van der Waals surface area contributed by atoms with Crippen molar-refractivity contribution >= 4 is 17.8 Å². The van der Waals surface area contributed by atoms with Gasteiger partial charge in [0.2, 0.25) is 5.91 Å². The summed E-state index contributed by atoms with van der Waals surface area (Å²) in [5.74, 6) is -2.47. The summed E-state index contributed by atoms with van der Waals surface area (Å²) in [6.45, 7) is -0.312. The molecule has 0 unspecified atom stereocenters. The molecule has 0 aromatic heterocycles. The molecule has 25 heavy (non-hydrogen) atoms. The quantitative estimate of drug-likeness (QED) is 0.662. The third-order valence-electron chi connectivity index (χ3n) is 4.17. The number of carbonyl (C=O) groups is 3. The number of hydrazine groups is 1. The number of rotatable bonds is 6. The molecule has 0 bridgehead atoms. The molecule has 1 aliphatic rings. The van der Waals surface area contributed by atoms with E-state index in [2.05, 4.69) is 10.9 Å². The largest absolute Gasteiger partial charge is 0.493 e. The van der Waals surface area contributed by atoms with E-state index in [1.165, 1.54) is 7.11 Å². The molecule has 136 valence electrons. The lowest BCUT2D eigenvalue weighted by Crippen LogP contribution is -2.49. The fraction of sp³-hybridized carbons (Fsp3) is 0.471. The molecular formula is C17H22N2O6. The van der Waals surface area contributed by atoms with Gasteiger partial charge in [-0.1, -0.05) is 25.0 Å². The van der Waals surface area contributed by atoms with Gasteiger partial charge in [-0.2, -0.15) is 0 Å². The van der Waals surface area contributed by atoms with E-state index in [1.807, 2.05) is 0 Å². The molecule has 2 amide bonds. The number of aliphatic carboxylic acids is 1. The molecule has 1 aliphatic carbocycles. The van der Waals surface area contributed by atoms with Gasteiger partial charge in [0, 0.05) is 0 Å². The number of amides is 2. The first-order chi connectivity index (χ1) is 12.0. The molecule has 0 aliphatic heterocycles. The van der Waals surface area contributed by atoms with Gasteiger partial charge in [0.1, 0.15) is 0 Å². The third kappa shape index (κ3) is 5.10. The van der Waals surface area contributed by atoms with Crippen LogP contribution in [0.15, 0.2) is 24.3 Å². The van der Waals surface area contributed by atoms with E-state index in [0.29, 0.717) is 24.3 Å². The van der Waals surface area contributed by atoms with Crippen molar-refractivity contribution in [1.82, 2.24) is 10.9 Å². The van der Waals surface area contributed by atoms with Crippen molar-refractivity contribution in [3.63, 3.8) is 0 Å². The molecule has 3 N–H and O–H groups in total. The van der Waals surface area contributed by atoms with Gasteiger partial charge in [0.05, 0.1) is 18.9 Å². The minimum atomic E-state index is -0.981. The fourth-order valence-electron chi connectivity index (χ4n) is 2.88. The average Bonchev–Trinajstić information content (AvgIpc) is 2.64. The fourth-order valence-corrected chi connectivity index (χ4v) is 2.88. The Kier molecular flexibility index (Phi) is 6.62.